The van der Waals surface area contributed by atoms with E-state index in [1.807, 2.05) is 4.90 Å². The number of imidazole rings is 1. The van der Waals surface area contributed by atoms with Crippen molar-refractivity contribution >= 4 is 0 Å². The van der Waals surface area contributed by atoms with E-state index in [2.05, 4.69) is 16.9 Å². The van der Waals surface area contributed by atoms with Gasteiger partial charge in [0.2, 0.25) is 0 Å². The quantitative estimate of drug-likeness (QED) is 0.603. The maximum Gasteiger partial charge on any atom is 0.132 e. The Morgan fingerprint density at radius 3 is 3.00 bits per heavy atom. The first kappa shape index (κ1) is 9.64. The smallest absolute Gasteiger partial charge is 0.132 e. The van der Waals surface area contributed by atoms with Crippen LogP contribution in [0.2, 0.25) is 0 Å². The van der Waals surface area contributed by atoms with Crippen LogP contribution in [0.5, 0.6) is 0 Å². The number of aromatic nitrogens is 2. The van der Waals surface area contributed by atoms with Gasteiger partial charge < -0.3 is 15.2 Å². The average molecular weight is 197 g/mol. The Balaban J connectivity index is 2.24. The standard InChI is InChI=1S/C9H15N3O2/c1-6-2-7-8(3-12(6)5-14)11-9(4-13)10-7/h6,13-14H,2-5H2,1H3,(H,10,11). The van der Waals surface area contributed by atoms with E-state index in [0.29, 0.717) is 18.4 Å². The van der Waals surface area contributed by atoms with Gasteiger partial charge in [-0.15, -0.1) is 0 Å². The van der Waals surface area contributed by atoms with Crippen molar-refractivity contribution in [2.75, 3.05) is 6.73 Å². The highest BCUT2D eigenvalue weighted by Gasteiger charge is 2.24. The van der Waals surface area contributed by atoms with Crippen LogP contribution in [-0.2, 0) is 19.6 Å². The van der Waals surface area contributed by atoms with Crippen LogP contribution in [0.15, 0.2) is 0 Å². The van der Waals surface area contributed by atoms with Gasteiger partial charge in [-0.2, -0.15) is 0 Å². The van der Waals surface area contributed by atoms with E-state index in [0.717, 1.165) is 17.8 Å². The maximum absolute atomic E-state index is 9.09. The van der Waals surface area contributed by atoms with Crippen LogP contribution in [0.1, 0.15) is 24.1 Å². The minimum atomic E-state index is -0.0551. The van der Waals surface area contributed by atoms with E-state index in [-0.39, 0.29) is 13.3 Å². The summed E-state index contributed by atoms with van der Waals surface area (Å²) in [7, 11) is 0. The number of nitrogens with zero attached hydrogens (tertiary/aromatic N) is 2. The highest BCUT2D eigenvalue weighted by molar-refractivity contribution is 5.18. The fraction of sp³-hybridized carbons (Fsp3) is 0.667. The van der Waals surface area contributed by atoms with Crippen LogP contribution in [0, 0.1) is 0 Å². The normalized spacial score (nSPS) is 22.4. The lowest BCUT2D eigenvalue weighted by atomic mass is 10.1. The fourth-order valence-electron chi connectivity index (χ4n) is 1.84. The molecule has 0 spiro atoms. The van der Waals surface area contributed by atoms with Gasteiger partial charge in [0.15, 0.2) is 0 Å². The molecule has 2 rings (SSSR count). The zero-order chi connectivity index (χ0) is 10.1. The van der Waals surface area contributed by atoms with E-state index >= 15 is 0 Å². The fourth-order valence-corrected chi connectivity index (χ4v) is 1.84. The molecule has 0 bridgehead atoms. The maximum atomic E-state index is 9.09. The SMILES string of the molecule is CC1Cc2nc(CO)[nH]c2CN1CO. The molecule has 0 saturated heterocycles. The Hall–Kier alpha value is -0.910. The van der Waals surface area contributed by atoms with Gasteiger partial charge in [-0.05, 0) is 6.92 Å². The van der Waals surface area contributed by atoms with Crippen LogP contribution in [0.3, 0.4) is 0 Å². The minimum absolute atomic E-state index is 0.0551. The summed E-state index contributed by atoms with van der Waals surface area (Å²) in [5.41, 5.74) is 2.03. The summed E-state index contributed by atoms with van der Waals surface area (Å²) in [6, 6.07) is 0.308. The van der Waals surface area contributed by atoms with Crippen molar-refractivity contribution in [3.63, 3.8) is 0 Å². The number of rotatable bonds is 2. The van der Waals surface area contributed by atoms with E-state index in [9.17, 15) is 0 Å². The lowest BCUT2D eigenvalue weighted by Gasteiger charge is -2.30. The summed E-state index contributed by atoms with van der Waals surface area (Å²) in [6.07, 6.45) is 0.826. The molecule has 0 aliphatic carbocycles. The van der Waals surface area contributed by atoms with Crippen LogP contribution < -0.4 is 0 Å². The van der Waals surface area contributed by atoms with Gasteiger partial charge >= 0.3 is 0 Å². The summed E-state index contributed by atoms with van der Waals surface area (Å²) in [5.74, 6) is 0.613. The Kier molecular flexibility index (Phi) is 2.54. The molecule has 3 N–H and O–H groups in total. The van der Waals surface area contributed by atoms with Gasteiger partial charge in [0.25, 0.3) is 0 Å². The lowest BCUT2D eigenvalue weighted by Crippen LogP contribution is -2.38. The molecular formula is C9H15N3O2. The summed E-state index contributed by atoms with van der Waals surface area (Å²) in [5, 5.41) is 18.0. The molecule has 1 aromatic heterocycles. The van der Waals surface area contributed by atoms with Gasteiger partial charge in [0.05, 0.1) is 18.1 Å². The molecule has 0 aromatic carbocycles. The molecule has 0 fully saturated rings. The molecule has 1 atom stereocenters. The summed E-state index contributed by atoms with van der Waals surface area (Å²) in [6.45, 7) is 2.75. The summed E-state index contributed by atoms with van der Waals surface area (Å²) < 4.78 is 0. The first-order valence-corrected chi connectivity index (χ1v) is 4.77. The highest BCUT2D eigenvalue weighted by atomic mass is 16.3. The van der Waals surface area contributed by atoms with E-state index in [4.69, 9.17) is 10.2 Å². The van der Waals surface area contributed by atoms with Crippen molar-refractivity contribution in [3.05, 3.63) is 17.2 Å². The number of fused-ring (bicyclic) bond motifs is 1. The van der Waals surface area contributed by atoms with Crippen molar-refractivity contribution in [2.24, 2.45) is 0 Å². The lowest BCUT2D eigenvalue weighted by molar-refractivity contribution is 0.0583. The Bertz CT molecular complexity index is 324. The van der Waals surface area contributed by atoms with Crippen molar-refractivity contribution in [3.8, 4) is 0 Å². The molecule has 5 nitrogen and oxygen atoms in total. The van der Waals surface area contributed by atoms with Crippen molar-refractivity contribution in [2.45, 2.75) is 32.5 Å². The third-order valence-corrected chi connectivity index (χ3v) is 2.72. The molecule has 5 heteroatoms. The number of aliphatic hydroxyl groups excluding tert-OH is 2. The zero-order valence-electron chi connectivity index (χ0n) is 8.19. The van der Waals surface area contributed by atoms with Gasteiger partial charge in [0.1, 0.15) is 12.4 Å². The number of aromatic amines is 1. The zero-order valence-corrected chi connectivity index (χ0v) is 8.19. The summed E-state index contributed by atoms with van der Waals surface area (Å²) >= 11 is 0. The third-order valence-electron chi connectivity index (χ3n) is 2.72. The molecule has 78 valence electrons. The first-order valence-electron chi connectivity index (χ1n) is 4.77. The Morgan fingerprint density at radius 2 is 2.36 bits per heavy atom. The van der Waals surface area contributed by atoms with Gasteiger partial charge in [0, 0.05) is 19.0 Å². The molecule has 1 aliphatic heterocycles. The average Bonchev–Trinajstić information content (AvgIpc) is 2.58. The second kappa shape index (κ2) is 3.68. The minimum Gasteiger partial charge on any atom is -0.388 e. The predicted molar refractivity (Wildman–Crippen MR) is 50.3 cm³/mol. The van der Waals surface area contributed by atoms with Crippen LogP contribution in [0.4, 0.5) is 0 Å². The van der Waals surface area contributed by atoms with Gasteiger partial charge in [-0.3, -0.25) is 4.90 Å². The number of H-pyrrole nitrogens is 1. The Morgan fingerprint density at radius 1 is 1.57 bits per heavy atom. The van der Waals surface area contributed by atoms with Gasteiger partial charge in [-0.25, -0.2) is 4.98 Å². The number of nitrogens with one attached hydrogen (secondary N) is 1. The first-order chi connectivity index (χ1) is 6.74. The number of aliphatic hydroxyl groups is 2. The van der Waals surface area contributed by atoms with Crippen LogP contribution >= 0.6 is 0 Å². The summed E-state index contributed by atoms with van der Waals surface area (Å²) in [4.78, 5) is 9.29. The van der Waals surface area contributed by atoms with E-state index < -0.39 is 0 Å². The molecular weight excluding hydrogens is 182 g/mol. The van der Waals surface area contributed by atoms with Crippen LogP contribution in [-0.4, -0.2) is 37.9 Å². The molecule has 1 aromatic rings. The topological polar surface area (TPSA) is 72.4 Å². The Labute approximate surface area is 82.4 Å². The molecule has 1 unspecified atom stereocenters. The number of hydrogen-bond acceptors (Lipinski definition) is 4. The molecule has 0 amide bonds. The second-order valence-corrected chi connectivity index (χ2v) is 3.71. The third kappa shape index (κ3) is 1.54. The second-order valence-electron chi connectivity index (χ2n) is 3.71. The highest BCUT2D eigenvalue weighted by Crippen LogP contribution is 2.20. The molecule has 1 aliphatic rings. The van der Waals surface area contributed by atoms with Crippen molar-refractivity contribution in [1.82, 2.24) is 14.9 Å². The van der Waals surface area contributed by atoms with Crippen LogP contribution in [0.25, 0.3) is 0 Å². The predicted octanol–water partition coefficient (Wildman–Crippen LogP) is -0.402. The van der Waals surface area contributed by atoms with E-state index in [1.165, 1.54) is 0 Å². The van der Waals surface area contributed by atoms with Crippen molar-refractivity contribution < 1.29 is 10.2 Å². The molecule has 14 heavy (non-hydrogen) atoms. The molecule has 0 saturated carbocycles. The van der Waals surface area contributed by atoms with E-state index in [1.54, 1.807) is 0 Å². The monoisotopic (exact) mass is 197 g/mol. The number of hydrogen-bond donors (Lipinski definition) is 3. The van der Waals surface area contributed by atoms with Crippen molar-refractivity contribution in [1.29, 1.82) is 0 Å². The largest absolute Gasteiger partial charge is 0.388 e. The molecule has 2 heterocycles. The van der Waals surface area contributed by atoms with Gasteiger partial charge in [-0.1, -0.05) is 0 Å². The molecule has 0 radical (unpaired) electrons.